The van der Waals surface area contributed by atoms with Gasteiger partial charge in [-0.2, -0.15) is 0 Å². The molecule has 1 atom stereocenters. The molecule has 0 amide bonds. The number of rotatable bonds is 1. The van der Waals surface area contributed by atoms with E-state index < -0.39 is 0 Å². The molecule has 0 aliphatic carbocycles. The van der Waals surface area contributed by atoms with E-state index in [1.165, 1.54) is 0 Å². The SMILES string of the molecule is Cc1cn2c(n1)C(CO)CCC2. The molecule has 3 heteroatoms. The van der Waals surface area contributed by atoms with E-state index in [4.69, 9.17) is 5.11 Å². The van der Waals surface area contributed by atoms with Gasteiger partial charge in [0.05, 0.1) is 12.3 Å². The van der Waals surface area contributed by atoms with Gasteiger partial charge in [-0.25, -0.2) is 4.98 Å². The van der Waals surface area contributed by atoms with Crippen LogP contribution in [0.25, 0.3) is 0 Å². The minimum atomic E-state index is 0.233. The Bertz CT molecular complexity index is 280. The summed E-state index contributed by atoms with van der Waals surface area (Å²) in [6.07, 6.45) is 4.30. The standard InChI is InChI=1S/C9H14N2O/c1-7-5-11-4-2-3-8(6-12)9(11)10-7/h5,8,12H,2-4,6H2,1H3. The smallest absolute Gasteiger partial charge is 0.114 e. The second-order valence-electron chi connectivity index (χ2n) is 3.46. The lowest BCUT2D eigenvalue weighted by Gasteiger charge is -2.21. The van der Waals surface area contributed by atoms with Gasteiger partial charge in [-0.15, -0.1) is 0 Å². The highest BCUT2D eigenvalue weighted by molar-refractivity contribution is 5.09. The molecule has 1 aromatic rings. The topological polar surface area (TPSA) is 38.0 Å². The first-order chi connectivity index (χ1) is 5.81. The number of aryl methyl sites for hydroxylation is 2. The van der Waals surface area contributed by atoms with Crippen molar-refractivity contribution in [2.75, 3.05) is 6.61 Å². The van der Waals surface area contributed by atoms with E-state index >= 15 is 0 Å². The molecule has 1 aromatic heterocycles. The summed E-state index contributed by atoms with van der Waals surface area (Å²) in [4.78, 5) is 4.41. The summed E-state index contributed by atoms with van der Waals surface area (Å²) in [5.74, 6) is 1.34. The van der Waals surface area contributed by atoms with Crippen molar-refractivity contribution in [2.24, 2.45) is 0 Å². The van der Waals surface area contributed by atoms with E-state index in [-0.39, 0.29) is 12.5 Å². The van der Waals surface area contributed by atoms with Gasteiger partial charge in [0.15, 0.2) is 0 Å². The van der Waals surface area contributed by atoms with Crippen LogP contribution >= 0.6 is 0 Å². The Balaban J connectivity index is 2.36. The highest BCUT2D eigenvalue weighted by atomic mass is 16.3. The van der Waals surface area contributed by atoms with Crippen LogP contribution in [0.1, 0.15) is 30.3 Å². The largest absolute Gasteiger partial charge is 0.396 e. The molecule has 1 aliphatic rings. The van der Waals surface area contributed by atoms with E-state index in [1.54, 1.807) is 0 Å². The Labute approximate surface area is 72.0 Å². The molecule has 1 aliphatic heterocycles. The van der Waals surface area contributed by atoms with Gasteiger partial charge in [0.25, 0.3) is 0 Å². The molecule has 0 bridgehead atoms. The summed E-state index contributed by atoms with van der Waals surface area (Å²) in [6.45, 7) is 3.29. The number of aromatic nitrogens is 2. The molecule has 0 saturated heterocycles. The molecule has 2 heterocycles. The molecule has 0 spiro atoms. The van der Waals surface area contributed by atoms with E-state index in [0.29, 0.717) is 0 Å². The van der Waals surface area contributed by atoms with Gasteiger partial charge in [0.2, 0.25) is 0 Å². The van der Waals surface area contributed by atoms with Gasteiger partial charge in [0, 0.05) is 18.7 Å². The maximum Gasteiger partial charge on any atom is 0.114 e. The van der Waals surface area contributed by atoms with Gasteiger partial charge < -0.3 is 9.67 Å². The van der Waals surface area contributed by atoms with Crippen molar-refractivity contribution >= 4 is 0 Å². The molecule has 0 radical (unpaired) electrons. The number of hydrogen-bond acceptors (Lipinski definition) is 2. The van der Waals surface area contributed by atoms with Crippen LogP contribution < -0.4 is 0 Å². The fraction of sp³-hybridized carbons (Fsp3) is 0.667. The summed E-state index contributed by atoms with van der Waals surface area (Å²) < 4.78 is 2.17. The number of imidazole rings is 1. The zero-order valence-electron chi connectivity index (χ0n) is 7.32. The normalized spacial score (nSPS) is 22.3. The minimum Gasteiger partial charge on any atom is -0.396 e. The number of aliphatic hydroxyl groups is 1. The Morgan fingerprint density at radius 2 is 2.58 bits per heavy atom. The van der Waals surface area contributed by atoms with Crippen LogP contribution in [0.2, 0.25) is 0 Å². The molecular formula is C9H14N2O. The highest BCUT2D eigenvalue weighted by Crippen LogP contribution is 2.25. The maximum atomic E-state index is 9.09. The molecule has 0 saturated carbocycles. The third-order valence-electron chi connectivity index (χ3n) is 2.46. The molecule has 1 N–H and O–H groups in total. The number of nitrogens with zero attached hydrogens (tertiary/aromatic N) is 2. The van der Waals surface area contributed by atoms with E-state index in [9.17, 15) is 0 Å². The average Bonchev–Trinajstić information content (AvgIpc) is 2.44. The first kappa shape index (κ1) is 7.80. The lowest BCUT2D eigenvalue weighted by molar-refractivity contribution is 0.238. The van der Waals surface area contributed by atoms with Crippen LogP contribution in [-0.2, 0) is 6.54 Å². The predicted octanol–water partition coefficient (Wildman–Crippen LogP) is 1.06. The van der Waals surface area contributed by atoms with Gasteiger partial charge >= 0.3 is 0 Å². The molecule has 12 heavy (non-hydrogen) atoms. The van der Waals surface area contributed by atoms with Crippen LogP contribution in [0, 0.1) is 6.92 Å². The van der Waals surface area contributed by atoms with Crippen molar-refractivity contribution in [2.45, 2.75) is 32.2 Å². The van der Waals surface area contributed by atoms with E-state index in [1.807, 2.05) is 6.92 Å². The zero-order valence-corrected chi connectivity index (χ0v) is 7.32. The average molecular weight is 166 g/mol. The summed E-state index contributed by atoms with van der Waals surface area (Å²) in [7, 11) is 0. The quantitative estimate of drug-likeness (QED) is 0.677. The Morgan fingerprint density at radius 1 is 1.75 bits per heavy atom. The van der Waals surface area contributed by atoms with E-state index in [2.05, 4.69) is 15.7 Å². The molecule has 0 fully saturated rings. The second-order valence-corrected chi connectivity index (χ2v) is 3.46. The van der Waals surface area contributed by atoms with Gasteiger partial charge in [-0.05, 0) is 19.8 Å². The summed E-state index contributed by atoms with van der Waals surface area (Å²) in [5.41, 5.74) is 1.06. The van der Waals surface area contributed by atoms with Crippen LogP contribution in [0.5, 0.6) is 0 Å². The summed E-state index contributed by atoms with van der Waals surface area (Å²) in [6, 6.07) is 0. The van der Waals surface area contributed by atoms with Gasteiger partial charge in [-0.3, -0.25) is 0 Å². The monoisotopic (exact) mass is 166 g/mol. The molecule has 66 valence electrons. The van der Waals surface area contributed by atoms with Crippen LogP contribution in [-0.4, -0.2) is 21.3 Å². The Kier molecular flexibility index (Phi) is 1.89. The molecular weight excluding hydrogens is 152 g/mol. The summed E-state index contributed by atoms with van der Waals surface area (Å²) >= 11 is 0. The molecule has 1 unspecified atom stereocenters. The fourth-order valence-electron chi connectivity index (χ4n) is 1.88. The number of fused-ring (bicyclic) bond motifs is 1. The minimum absolute atomic E-state index is 0.233. The van der Waals surface area contributed by atoms with Crippen molar-refractivity contribution in [3.05, 3.63) is 17.7 Å². The lowest BCUT2D eigenvalue weighted by atomic mass is 10.0. The fourth-order valence-corrected chi connectivity index (χ4v) is 1.88. The van der Waals surface area contributed by atoms with Gasteiger partial charge in [-0.1, -0.05) is 0 Å². The number of aliphatic hydroxyl groups excluding tert-OH is 1. The third-order valence-corrected chi connectivity index (χ3v) is 2.46. The Morgan fingerprint density at radius 3 is 3.33 bits per heavy atom. The highest BCUT2D eigenvalue weighted by Gasteiger charge is 2.20. The van der Waals surface area contributed by atoms with Crippen molar-refractivity contribution in [1.29, 1.82) is 0 Å². The molecule has 0 aromatic carbocycles. The van der Waals surface area contributed by atoms with Crippen LogP contribution in [0.4, 0.5) is 0 Å². The van der Waals surface area contributed by atoms with Crippen molar-refractivity contribution in [3.63, 3.8) is 0 Å². The molecule has 3 nitrogen and oxygen atoms in total. The maximum absolute atomic E-state index is 9.09. The second kappa shape index (κ2) is 2.90. The van der Waals surface area contributed by atoms with Crippen molar-refractivity contribution in [1.82, 2.24) is 9.55 Å². The summed E-state index contributed by atoms with van der Waals surface area (Å²) in [5, 5.41) is 9.09. The first-order valence-corrected chi connectivity index (χ1v) is 4.46. The van der Waals surface area contributed by atoms with Crippen LogP contribution in [0.3, 0.4) is 0 Å². The number of hydrogen-bond donors (Lipinski definition) is 1. The first-order valence-electron chi connectivity index (χ1n) is 4.46. The predicted molar refractivity (Wildman–Crippen MR) is 46.0 cm³/mol. The lowest BCUT2D eigenvalue weighted by Crippen LogP contribution is -2.18. The Hall–Kier alpha value is -0.830. The van der Waals surface area contributed by atoms with Crippen LogP contribution in [0.15, 0.2) is 6.20 Å². The zero-order chi connectivity index (χ0) is 8.55. The molecule has 2 rings (SSSR count). The van der Waals surface area contributed by atoms with Gasteiger partial charge in [0.1, 0.15) is 5.82 Å². The third kappa shape index (κ3) is 1.14. The van der Waals surface area contributed by atoms with Crippen molar-refractivity contribution in [3.8, 4) is 0 Å². The van der Waals surface area contributed by atoms with Crippen molar-refractivity contribution < 1.29 is 5.11 Å². The van der Waals surface area contributed by atoms with E-state index in [0.717, 1.165) is 30.9 Å².